The van der Waals surface area contributed by atoms with E-state index in [9.17, 15) is 0 Å². The molecular formula is C15H18Cl2N2O. The van der Waals surface area contributed by atoms with Crippen molar-refractivity contribution in [3.63, 3.8) is 0 Å². The fourth-order valence-corrected chi connectivity index (χ4v) is 3.21. The maximum absolute atomic E-state index is 6.29. The zero-order chi connectivity index (χ0) is 14.3. The van der Waals surface area contributed by atoms with Crippen LogP contribution in [-0.4, -0.2) is 21.8 Å². The van der Waals surface area contributed by atoms with Crippen LogP contribution in [0.2, 0.25) is 5.02 Å². The SMILES string of the molecule is CC(Cl)c1nc2ccc(Cl)cc2n1CC1(C)CCCO1. The quantitative estimate of drug-likeness (QED) is 0.777. The van der Waals surface area contributed by atoms with Crippen molar-refractivity contribution in [2.45, 2.75) is 44.2 Å². The van der Waals surface area contributed by atoms with Crippen molar-refractivity contribution in [3.8, 4) is 0 Å². The third kappa shape index (κ3) is 2.54. The number of hydrogen-bond acceptors (Lipinski definition) is 2. The van der Waals surface area contributed by atoms with E-state index in [1.54, 1.807) is 0 Å². The highest BCUT2D eigenvalue weighted by Gasteiger charge is 2.32. The molecule has 1 fully saturated rings. The zero-order valence-corrected chi connectivity index (χ0v) is 13.2. The van der Waals surface area contributed by atoms with E-state index >= 15 is 0 Å². The minimum absolute atomic E-state index is 0.142. The second-order valence-corrected chi connectivity index (χ2v) is 6.80. The lowest BCUT2D eigenvalue weighted by Crippen LogP contribution is -2.30. The van der Waals surface area contributed by atoms with Crippen LogP contribution in [-0.2, 0) is 11.3 Å². The molecule has 2 heterocycles. The minimum atomic E-state index is -0.147. The Balaban J connectivity index is 2.10. The van der Waals surface area contributed by atoms with Crippen LogP contribution in [0.4, 0.5) is 0 Å². The van der Waals surface area contributed by atoms with Crippen LogP contribution in [0.25, 0.3) is 11.0 Å². The average Bonchev–Trinajstić information content (AvgIpc) is 2.95. The van der Waals surface area contributed by atoms with Crippen LogP contribution in [0.1, 0.15) is 37.9 Å². The van der Waals surface area contributed by atoms with Crippen LogP contribution in [0.15, 0.2) is 18.2 Å². The smallest absolute Gasteiger partial charge is 0.127 e. The number of imidazole rings is 1. The summed E-state index contributed by atoms with van der Waals surface area (Å²) in [5, 5.41) is 0.566. The van der Waals surface area contributed by atoms with Gasteiger partial charge in [0.2, 0.25) is 0 Å². The Morgan fingerprint density at radius 2 is 2.30 bits per heavy atom. The second kappa shape index (κ2) is 5.21. The van der Waals surface area contributed by atoms with Crippen molar-refractivity contribution in [2.24, 2.45) is 0 Å². The summed E-state index contributed by atoms with van der Waals surface area (Å²) >= 11 is 12.4. The van der Waals surface area contributed by atoms with E-state index in [0.29, 0.717) is 5.02 Å². The molecule has 1 aliphatic heterocycles. The van der Waals surface area contributed by atoms with E-state index in [1.807, 2.05) is 25.1 Å². The third-order valence-corrected chi connectivity index (χ3v) is 4.32. The maximum atomic E-state index is 6.29. The molecule has 0 bridgehead atoms. The molecule has 5 heteroatoms. The van der Waals surface area contributed by atoms with Gasteiger partial charge < -0.3 is 9.30 Å². The summed E-state index contributed by atoms with van der Waals surface area (Å²) in [6, 6.07) is 5.75. The molecule has 0 spiro atoms. The first-order valence-corrected chi connectivity index (χ1v) is 7.74. The molecule has 1 aromatic heterocycles. The number of aromatic nitrogens is 2. The summed E-state index contributed by atoms with van der Waals surface area (Å²) in [6.07, 6.45) is 2.17. The lowest BCUT2D eigenvalue weighted by Gasteiger charge is -2.25. The van der Waals surface area contributed by atoms with Crippen molar-refractivity contribution in [1.29, 1.82) is 0 Å². The molecule has 2 aromatic rings. The molecular weight excluding hydrogens is 295 g/mol. The predicted octanol–water partition coefficient (Wildman–Crippen LogP) is 4.56. The predicted molar refractivity (Wildman–Crippen MR) is 82.6 cm³/mol. The molecule has 0 saturated carbocycles. The van der Waals surface area contributed by atoms with Crippen molar-refractivity contribution in [3.05, 3.63) is 29.0 Å². The lowest BCUT2D eigenvalue weighted by molar-refractivity contribution is 0.00649. The van der Waals surface area contributed by atoms with Gasteiger partial charge in [-0.3, -0.25) is 0 Å². The van der Waals surface area contributed by atoms with Crippen LogP contribution in [0.5, 0.6) is 0 Å². The van der Waals surface area contributed by atoms with Gasteiger partial charge in [-0.05, 0) is 44.9 Å². The molecule has 20 heavy (non-hydrogen) atoms. The van der Waals surface area contributed by atoms with E-state index in [-0.39, 0.29) is 11.0 Å². The molecule has 3 nitrogen and oxygen atoms in total. The minimum Gasteiger partial charge on any atom is -0.373 e. The van der Waals surface area contributed by atoms with Gasteiger partial charge in [0.05, 0.1) is 28.6 Å². The van der Waals surface area contributed by atoms with Crippen LogP contribution >= 0.6 is 23.2 Å². The molecule has 1 aliphatic rings. The van der Waals surface area contributed by atoms with E-state index < -0.39 is 0 Å². The summed E-state index contributed by atoms with van der Waals surface area (Å²) in [6.45, 7) is 5.68. The Bertz CT molecular complexity index is 630. The summed E-state index contributed by atoms with van der Waals surface area (Å²) in [5.74, 6) is 0.876. The van der Waals surface area contributed by atoms with E-state index in [1.165, 1.54) is 0 Å². The van der Waals surface area contributed by atoms with E-state index in [2.05, 4.69) is 16.5 Å². The molecule has 2 unspecified atom stereocenters. The van der Waals surface area contributed by atoms with Crippen molar-refractivity contribution in [2.75, 3.05) is 6.61 Å². The first-order chi connectivity index (χ1) is 9.48. The molecule has 0 N–H and O–H groups in total. The molecule has 1 aromatic carbocycles. The van der Waals surface area contributed by atoms with Gasteiger partial charge in [-0.1, -0.05) is 11.6 Å². The van der Waals surface area contributed by atoms with Crippen molar-refractivity contribution >= 4 is 34.2 Å². The van der Waals surface area contributed by atoms with Crippen LogP contribution in [0.3, 0.4) is 0 Å². The van der Waals surface area contributed by atoms with Gasteiger partial charge in [0.25, 0.3) is 0 Å². The highest BCUT2D eigenvalue weighted by Crippen LogP contribution is 2.32. The molecule has 0 aliphatic carbocycles. The Hall–Kier alpha value is -0.770. The monoisotopic (exact) mass is 312 g/mol. The van der Waals surface area contributed by atoms with E-state index in [4.69, 9.17) is 27.9 Å². The number of hydrogen-bond donors (Lipinski definition) is 0. The number of nitrogens with zero attached hydrogens (tertiary/aromatic N) is 2. The van der Waals surface area contributed by atoms with Gasteiger partial charge in [0.1, 0.15) is 5.82 Å². The fourth-order valence-electron chi connectivity index (χ4n) is 2.88. The number of benzene rings is 1. The number of halogens is 2. The summed E-state index contributed by atoms with van der Waals surface area (Å²) in [7, 11) is 0. The zero-order valence-electron chi connectivity index (χ0n) is 11.7. The normalized spacial score (nSPS) is 24.4. The van der Waals surface area contributed by atoms with E-state index in [0.717, 1.165) is 42.9 Å². The Morgan fingerprint density at radius 3 is 2.95 bits per heavy atom. The van der Waals surface area contributed by atoms with Crippen molar-refractivity contribution < 1.29 is 4.74 Å². The lowest BCUT2D eigenvalue weighted by atomic mass is 10.0. The average molecular weight is 313 g/mol. The molecule has 1 saturated heterocycles. The Morgan fingerprint density at radius 1 is 1.50 bits per heavy atom. The largest absolute Gasteiger partial charge is 0.373 e. The summed E-state index contributed by atoms with van der Waals surface area (Å²) < 4.78 is 8.06. The highest BCUT2D eigenvalue weighted by atomic mass is 35.5. The van der Waals surface area contributed by atoms with Gasteiger partial charge in [-0.15, -0.1) is 11.6 Å². The van der Waals surface area contributed by atoms with Gasteiger partial charge in [-0.2, -0.15) is 0 Å². The standard InChI is InChI=1S/C15H18Cl2N2O/c1-10(16)14-18-12-5-4-11(17)8-13(12)19(14)9-15(2)6-3-7-20-15/h4-5,8,10H,3,6-7,9H2,1-2H3. The van der Waals surface area contributed by atoms with Gasteiger partial charge in [0, 0.05) is 11.6 Å². The van der Waals surface area contributed by atoms with Gasteiger partial charge in [-0.25, -0.2) is 4.98 Å². The highest BCUT2D eigenvalue weighted by molar-refractivity contribution is 6.31. The van der Waals surface area contributed by atoms with Crippen LogP contribution in [0, 0.1) is 0 Å². The Labute approximate surface area is 128 Å². The van der Waals surface area contributed by atoms with Crippen LogP contribution < -0.4 is 0 Å². The molecule has 3 rings (SSSR count). The summed E-state index contributed by atoms with van der Waals surface area (Å²) in [4.78, 5) is 4.64. The first kappa shape index (κ1) is 14.2. The number of rotatable bonds is 3. The summed E-state index contributed by atoms with van der Waals surface area (Å²) in [5.41, 5.74) is 1.81. The number of fused-ring (bicyclic) bond motifs is 1. The topological polar surface area (TPSA) is 27.1 Å². The third-order valence-electron chi connectivity index (χ3n) is 3.89. The Kier molecular flexibility index (Phi) is 3.69. The van der Waals surface area contributed by atoms with Gasteiger partial charge in [0.15, 0.2) is 0 Å². The molecule has 0 radical (unpaired) electrons. The fraction of sp³-hybridized carbons (Fsp3) is 0.533. The first-order valence-electron chi connectivity index (χ1n) is 6.92. The molecule has 2 atom stereocenters. The molecule has 108 valence electrons. The second-order valence-electron chi connectivity index (χ2n) is 5.71. The van der Waals surface area contributed by atoms with Crippen molar-refractivity contribution in [1.82, 2.24) is 9.55 Å². The van der Waals surface area contributed by atoms with Gasteiger partial charge >= 0.3 is 0 Å². The number of ether oxygens (including phenoxy) is 1. The maximum Gasteiger partial charge on any atom is 0.127 e. The number of alkyl halides is 1. The molecule has 0 amide bonds.